The monoisotopic (exact) mass is 307 g/mol. The van der Waals surface area contributed by atoms with Crippen LogP contribution in [0.15, 0.2) is 24.3 Å². The topological polar surface area (TPSA) is 103 Å². The molecular formula is C13H14ClN5O2. The lowest BCUT2D eigenvalue weighted by Gasteiger charge is -2.11. The van der Waals surface area contributed by atoms with Gasteiger partial charge in [-0.15, -0.1) is 10.2 Å². The highest BCUT2D eigenvalue weighted by Gasteiger charge is 2.13. The van der Waals surface area contributed by atoms with E-state index >= 15 is 0 Å². The minimum absolute atomic E-state index is 0.00552. The fraction of sp³-hybridized carbons (Fsp3) is 0.231. The van der Waals surface area contributed by atoms with Crippen molar-refractivity contribution >= 4 is 29.0 Å². The van der Waals surface area contributed by atoms with Crippen LogP contribution in [0, 0.1) is 0 Å². The van der Waals surface area contributed by atoms with Crippen molar-refractivity contribution in [3.63, 3.8) is 0 Å². The van der Waals surface area contributed by atoms with Crippen LogP contribution >= 0.6 is 11.6 Å². The van der Waals surface area contributed by atoms with Crippen LogP contribution in [-0.4, -0.2) is 27.2 Å². The Hall–Kier alpha value is -2.41. The number of aromatic nitrogens is 3. The van der Waals surface area contributed by atoms with Crippen LogP contribution < -0.4 is 15.8 Å². The molecule has 110 valence electrons. The summed E-state index contributed by atoms with van der Waals surface area (Å²) in [5, 5.41) is 10.3. The summed E-state index contributed by atoms with van der Waals surface area (Å²) in [6.07, 6.45) is 0.00552. The number of anilines is 2. The van der Waals surface area contributed by atoms with E-state index in [-0.39, 0.29) is 17.0 Å². The summed E-state index contributed by atoms with van der Waals surface area (Å²) in [4.78, 5) is 15.6. The Labute approximate surface area is 126 Å². The third kappa shape index (κ3) is 4.03. The van der Waals surface area contributed by atoms with E-state index in [2.05, 4.69) is 20.5 Å². The highest BCUT2D eigenvalue weighted by atomic mass is 35.5. The second-order valence-corrected chi connectivity index (χ2v) is 4.83. The van der Waals surface area contributed by atoms with Gasteiger partial charge in [-0.25, -0.2) is 0 Å². The lowest BCUT2D eigenvalue weighted by molar-refractivity contribution is 0.0995. The summed E-state index contributed by atoms with van der Waals surface area (Å²) in [6, 6.07) is 6.67. The number of ether oxygens (including phenoxy) is 1. The van der Waals surface area contributed by atoms with Gasteiger partial charge in [0, 0.05) is 12.1 Å². The van der Waals surface area contributed by atoms with E-state index in [1.807, 2.05) is 13.8 Å². The summed E-state index contributed by atoms with van der Waals surface area (Å²) in [5.41, 5.74) is 5.56. The molecule has 0 saturated heterocycles. The van der Waals surface area contributed by atoms with E-state index in [4.69, 9.17) is 22.1 Å². The first-order valence-electron chi connectivity index (χ1n) is 6.19. The Morgan fingerprint density at radius 1 is 1.38 bits per heavy atom. The molecule has 3 N–H and O–H groups in total. The minimum Gasteiger partial charge on any atom is -0.475 e. The zero-order valence-corrected chi connectivity index (χ0v) is 12.3. The summed E-state index contributed by atoms with van der Waals surface area (Å²) < 4.78 is 5.50. The Kier molecular flexibility index (Phi) is 4.54. The van der Waals surface area contributed by atoms with Crippen LogP contribution in [-0.2, 0) is 0 Å². The first-order valence-corrected chi connectivity index (χ1v) is 6.57. The summed E-state index contributed by atoms with van der Waals surface area (Å²) in [6.45, 7) is 3.80. The minimum atomic E-state index is -0.712. The third-order valence-electron chi connectivity index (χ3n) is 2.34. The molecule has 8 heteroatoms. The van der Waals surface area contributed by atoms with Crippen molar-refractivity contribution in [2.24, 2.45) is 5.73 Å². The van der Waals surface area contributed by atoms with Crippen LogP contribution in [0.2, 0.25) is 5.15 Å². The molecule has 0 radical (unpaired) electrons. The smallest absolute Gasteiger partial charge is 0.271 e. The van der Waals surface area contributed by atoms with Gasteiger partial charge in [0.05, 0.1) is 11.8 Å². The quantitative estimate of drug-likeness (QED) is 0.877. The third-order valence-corrected chi connectivity index (χ3v) is 2.52. The average molecular weight is 308 g/mol. The summed E-state index contributed by atoms with van der Waals surface area (Å²) in [5.74, 6) is 0.222. The first-order chi connectivity index (χ1) is 9.95. The fourth-order valence-electron chi connectivity index (χ4n) is 1.57. The molecule has 7 nitrogen and oxygen atoms in total. The number of nitrogens with two attached hydrogens (primary N) is 1. The number of hydrogen-bond donors (Lipinski definition) is 2. The lowest BCUT2D eigenvalue weighted by atomic mass is 10.3. The molecule has 0 aliphatic rings. The van der Waals surface area contributed by atoms with E-state index in [0.29, 0.717) is 17.4 Å². The van der Waals surface area contributed by atoms with Crippen molar-refractivity contribution in [1.29, 1.82) is 0 Å². The molecule has 0 spiro atoms. The molecular weight excluding hydrogens is 294 g/mol. The Bertz CT molecular complexity index is 663. The Balaban J connectivity index is 2.29. The Morgan fingerprint density at radius 3 is 2.81 bits per heavy atom. The molecule has 2 heterocycles. The maximum Gasteiger partial charge on any atom is 0.271 e. The van der Waals surface area contributed by atoms with Gasteiger partial charge >= 0.3 is 0 Å². The molecule has 0 unspecified atom stereocenters. The van der Waals surface area contributed by atoms with Crippen LogP contribution in [0.3, 0.4) is 0 Å². The van der Waals surface area contributed by atoms with Gasteiger partial charge in [0.15, 0.2) is 10.8 Å². The molecule has 0 aliphatic carbocycles. The van der Waals surface area contributed by atoms with Crippen molar-refractivity contribution in [2.45, 2.75) is 20.0 Å². The second-order valence-electron chi connectivity index (χ2n) is 4.45. The standard InChI is InChI=1S/C13H14ClN5O2/c1-7(2)21-11-5-3-4-10(17-11)16-8-6-9(14)18-19-12(8)13(15)20/h3-7H,1-2H3,(H2,15,20)(H,16,17,18). The predicted molar refractivity (Wildman–Crippen MR) is 78.8 cm³/mol. The molecule has 0 aliphatic heterocycles. The summed E-state index contributed by atoms with van der Waals surface area (Å²) >= 11 is 5.78. The van der Waals surface area contributed by atoms with Gasteiger partial charge in [0.25, 0.3) is 5.91 Å². The number of amides is 1. The molecule has 0 aromatic carbocycles. The molecule has 1 amide bonds. The number of halogens is 1. The molecule has 0 bridgehead atoms. The van der Waals surface area contributed by atoms with Crippen LogP contribution in [0.4, 0.5) is 11.5 Å². The van der Waals surface area contributed by atoms with E-state index in [0.717, 1.165) is 0 Å². The molecule has 2 aromatic heterocycles. The van der Waals surface area contributed by atoms with E-state index in [1.165, 1.54) is 6.07 Å². The van der Waals surface area contributed by atoms with Crippen LogP contribution in [0.25, 0.3) is 0 Å². The number of rotatable bonds is 5. The van der Waals surface area contributed by atoms with E-state index < -0.39 is 5.91 Å². The number of pyridine rings is 1. The van der Waals surface area contributed by atoms with Gasteiger partial charge in [-0.1, -0.05) is 17.7 Å². The molecule has 21 heavy (non-hydrogen) atoms. The maximum atomic E-state index is 11.3. The van der Waals surface area contributed by atoms with Gasteiger partial charge in [-0.05, 0) is 19.9 Å². The van der Waals surface area contributed by atoms with Crippen molar-refractivity contribution in [3.05, 3.63) is 35.1 Å². The van der Waals surface area contributed by atoms with Crippen LogP contribution in [0.5, 0.6) is 5.88 Å². The number of nitrogens with zero attached hydrogens (tertiary/aromatic N) is 3. The van der Waals surface area contributed by atoms with E-state index in [9.17, 15) is 4.79 Å². The van der Waals surface area contributed by atoms with Gasteiger partial charge in [-0.2, -0.15) is 4.98 Å². The van der Waals surface area contributed by atoms with E-state index in [1.54, 1.807) is 18.2 Å². The molecule has 2 aromatic rings. The zero-order chi connectivity index (χ0) is 15.4. The van der Waals surface area contributed by atoms with Crippen molar-refractivity contribution in [2.75, 3.05) is 5.32 Å². The van der Waals surface area contributed by atoms with Crippen molar-refractivity contribution in [1.82, 2.24) is 15.2 Å². The van der Waals surface area contributed by atoms with Crippen molar-refractivity contribution < 1.29 is 9.53 Å². The fourth-order valence-corrected chi connectivity index (χ4v) is 1.72. The number of hydrogen-bond acceptors (Lipinski definition) is 6. The summed E-state index contributed by atoms with van der Waals surface area (Å²) in [7, 11) is 0. The van der Waals surface area contributed by atoms with Gasteiger partial charge in [-0.3, -0.25) is 4.79 Å². The maximum absolute atomic E-state index is 11.3. The second kappa shape index (κ2) is 6.36. The average Bonchev–Trinajstić information content (AvgIpc) is 2.38. The molecule has 0 fully saturated rings. The highest BCUT2D eigenvalue weighted by Crippen LogP contribution is 2.22. The number of primary amides is 1. The molecule has 2 rings (SSSR count). The number of carbonyl (C=O) groups is 1. The van der Waals surface area contributed by atoms with Gasteiger partial charge < -0.3 is 15.8 Å². The largest absolute Gasteiger partial charge is 0.475 e. The lowest BCUT2D eigenvalue weighted by Crippen LogP contribution is -2.16. The highest BCUT2D eigenvalue weighted by molar-refractivity contribution is 6.29. The Morgan fingerprint density at radius 2 is 2.14 bits per heavy atom. The molecule has 0 saturated carbocycles. The predicted octanol–water partition coefficient (Wildman–Crippen LogP) is 2.15. The first kappa shape index (κ1) is 15.0. The van der Waals surface area contributed by atoms with Crippen molar-refractivity contribution in [3.8, 4) is 5.88 Å². The van der Waals surface area contributed by atoms with Gasteiger partial charge in [0.2, 0.25) is 5.88 Å². The SMILES string of the molecule is CC(C)Oc1cccc(Nc2cc(Cl)nnc2C(N)=O)n1. The number of nitrogens with one attached hydrogen (secondary N) is 1. The van der Waals surface area contributed by atoms with Gasteiger partial charge in [0.1, 0.15) is 5.82 Å². The molecule has 0 atom stereocenters. The zero-order valence-electron chi connectivity index (χ0n) is 11.5. The van der Waals surface area contributed by atoms with Crippen LogP contribution in [0.1, 0.15) is 24.3 Å². The normalized spacial score (nSPS) is 10.5. The number of carbonyl (C=O) groups excluding carboxylic acids is 1.